The highest BCUT2D eigenvalue weighted by atomic mass is 16.4. The number of carbonyl (C=O) groups is 3. The first-order valence-corrected chi connectivity index (χ1v) is 7.14. The van der Waals surface area contributed by atoms with E-state index in [9.17, 15) is 14.4 Å². The molecule has 7 heteroatoms. The van der Waals surface area contributed by atoms with Crippen LogP contribution in [0.5, 0.6) is 0 Å². The van der Waals surface area contributed by atoms with Crippen molar-refractivity contribution in [3.05, 3.63) is 0 Å². The second-order valence-electron chi connectivity index (χ2n) is 6.47. The lowest BCUT2D eigenvalue weighted by atomic mass is 9.61. The molecule has 1 saturated carbocycles. The molecule has 1 aliphatic rings. The second kappa shape index (κ2) is 6.43. The van der Waals surface area contributed by atoms with Gasteiger partial charge >= 0.3 is 5.97 Å². The van der Waals surface area contributed by atoms with Crippen molar-refractivity contribution >= 4 is 17.8 Å². The molecule has 6 N–H and O–H groups in total. The van der Waals surface area contributed by atoms with Crippen molar-refractivity contribution in [1.82, 2.24) is 5.32 Å². The summed E-state index contributed by atoms with van der Waals surface area (Å²) in [6.45, 7) is 5.93. The van der Waals surface area contributed by atoms with Crippen LogP contribution in [0, 0.1) is 17.3 Å². The molecule has 0 heterocycles. The number of primary amides is 1. The fourth-order valence-electron chi connectivity index (χ4n) is 2.99. The van der Waals surface area contributed by atoms with Crippen LogP contribution in [-0.2, 0) is 14.4 Å². The third-order valence-electron chi connectivity index (χ3n) is 4.84. The molecule has 4 atom stereocenters. The Hall–Kier alpha value is -1.63. The van der Waals surface area contributed by atoms with Gasteiger partial charge in [0, 0.05) is 12.0 Å². The lowest BCUT2D eigenvalue weighted by Gasteiger charge is -2.46. The SMILES string of the molecule is CC1C(N)CCC(C(=O)NC(CC(N)=O)C(=O)O)C1(C)C. The highest BCUT2D eigenvalue weighted by Crippen LogP contribution is 2.44. The molecular weight excluding hydrogens is 274 g/mol. The number of hydrogen-bond donors (Lipinski definition) is 4. The second-order valence-corrected chi connectivity index (χ2v) is 6.47. The topological polar surface area (TPSA) is 136 Å². The maximum Gasteiger partial charge on any atom is 0.326 e. The summed E-state index contributed by atoms with van der Waals surface area (Å²) in [5, 5.41) is 11.5. The van der Waals surface area contributed by atoms with Crippen LogP contribution in [-0.4, -0.2) is 35.0 Å². The van der Waals surface area contributed by atoms with Gasteiger partial charge in [0.25, 0.3) is 0 Å². The van der Waals surface area contributed by atoms with Gasteiger partial charge in [-0.05, 0) is 24.2 Å². The van der Waals surface area contributed by atoms with E-state index in [-0.39, 0.29) is 29.2 Å². The summed E-state index contributed by atoms with van der Waals surface area (Å²) in [6, 6.07) is -1.25. The Bertz CT molecular complexity index is 436. The van der Waals surface area contributed by atoms with Gasteiger partial charge in [0.15, 0.2) is 0 Å². The van der Waals surface area contributed by atoms with E-state index in [0.717, 1.165) is 6.42 Å². The lowest BCUT2D eigenvalue weighted by Crippen LogP contribution is -2.54. The van der Waals surface area contributed by atoms with Gasteiger partial charge in [-0.15, -0.1) is 0 Å². The van der Waals surface area contributed by atoms with Crippen LogP contribution in [0.4, 0.5) is 0 Å². The van der Waals surface area contributed by atoms with E-state index in [0.29, 0.717) is 6.42 Å². The van der Waals surface area contributed by atoms with E-state index in [1.807, 2.05) is 20.8 Å². The average molecular weight is 299 g/mol. The Labute approximate surface area is 124 Å². The Morgan fingerprint density at radius 3 is 2.38 bits per heavy atom. The number of nitrogens with one attached hydrogen (secondary N) is 1. The van der Waals surface area contributed by atoms with Crippen LogP contribution in [0.2, 0.25) is 0 Å². The van der Waals surface area contributed by atoms with Gasteiger partial charge in [-0.25, -0.2) is 4.79 Å². The number of hydrogen-bond acceptors (Lipinski definition) is 4. The average Bonchev–Trinajstić information content (AvgIpc) is 2.34. The lowest BCUT2D eigenvalue weighted by molar-refractivity contribution is -0.145. The molecule has 2 amide bonds. The number of amides is 2. The Morgan fingerprint density at radius 1 is 1.33 bits per heavy atom. The van der Waals surface area contributed by atoms with Gasteiger partial charge in [-0.1, -0.05) is 20.8 Å². The van der Waals surface area contributed by atoms with Crippen LogP contribution in [0.3, 0.4) is 0 Å². The third-order valence-corrected chi connectivity index (χ3v) is 4.84. The van der Waals surface area contributed by atoms with Gasteiger partial charge in [0.05, 0.1) is 6.42 Å². The largest absolute Gasteiger partial charge is 0.480 e. The highest BCUT2D eigenvalue weighted by molar-refractivity contribution is 5.89. The monoisotopic (exact) mass is 299 g/mol. The molecule has 0 aromatic rings. The number of carboxylic acid groups (broad SMARTS) is 1. The minimum absolute atomic E-state index is 0.0324. The van der Waals surface area contributed by atoms with Gasteiger partial charge in [-0.3, -0.25) is 9.59 Å². The van der Waals surface area contributed by atoms with Crippen LogP contribution in [0.15, 0.2) is 0 Å². The van der Waals surface area contributed by atoms with E-state index >= 15 is 0 Å². The number of aliphatic carboxylic acids is 1. The normalized spacial score (nSPS) is 29.4. The predicted molar refractivity (Wildman–Crippen MR) is 77.0 cm³/mol. The van der Waals surface area contributed by atoms with Gasteiger partial charge in [0.1, 0.15) is 6.04 Å². The highest BCUT2D eigenvalue weighted by Gasteiger charge is 2.45. The summed E-state index contributed by atoms with van der Waals surface area (Å²) in [7, 11) is 0. The maximum atomic E-state index is 12.4. The Morgan fingerprint density at radius 2 is 1.90 bits per heavy atom. The van der Waals surface area contributed by atoms with Crippen molar-refractivity contribution < 1.29 is 19.5 Å². The summed E-state index contributed by atoms with van der Waals surface area (Å²) in [6.07, 6.45) is 0.910. The minimum Gasteiger partial charge on any atom is -0.480 e. The smallest absolute Gasteiger partial charge is 0.326 e. The number of nitrogens with two attached hydrogens (primary N) is 2. The molecule has 1 fully saturated rings. The summed E-state index contributed by atoms with van der Waals surface area (Å²) >= 11 is 0. The summed E-state index contributed by atoms with van der Waals surface area (Å²) < 4.78 is 0. The van der Waals surface area contributed by atoms with E-state index < -0.39 is 24.3 Å². The fourth-order valence-corrected chi connectivity index (χ4v) is 2.99. The molecular formula is C14H25N3O4. The van der Waals surface area contributed by atoms with E-state index in [4.69, 9.17) is 16.6 Å². The minimum atomic E-state index is -1.28. The molecule has 1 aliphatic carbocycles. The van der Waals surface area contributed by atoms with Crippen molar-refractivity contribution in [3.8, 4) is 0 Å². The van der Waals surface area contributed by atoms with Gasteiger partial charge in [0.2, 0.25) is 11.8 Å². The van der Waals surface area contributed by atoms with Gasteiger partial charge in [-0.2, -0.15) is 0 Å². The Kier molecular flexibility index (Phi) is 5.33. The number of carboxylic acids is 1. The zero-order chi connectivity index (χ0) is 16.4. The summed E-state index contributed by atoms with van der Waals surface area (Å²) in [5.41, 5.74) is 10.7. The zero-order valence-corrected chi connectivity index (χ0v) is 12.8. The van der Waals surface area contributed by atoms with Crippen molar-refractivity contribution in [2.24, 2.45) is 28.7 Å². The van der Waals surface area contributed by atoms with E-state index in [1.165, 1.54) is 0 Å². The van der Waals surface area contributed by atoms with Crippen molar-refractivity contribution in [3.63, 3.8) is 0 Å². The molecule has 0 aromatic carbocycles. The van der Waals surface area contributed by atoms with Crippen LogP contribution < -0.4 is 16.8 Å². The zero-order valence-electron chi connectivity index (χ0n) is 12.8. The van der Waals surface area contributed by atoms with Gasteiger partial charge < -0.3 is 21.9 Å². The Balaban J connectivity index is 2.82. The molecule has 0 aliphatic heterocycles. The molecule has 1 rings (SSSR count). The number of rotatable bonds is 5. The van der Waals surface area contributed by atoms with Crippen molar-refractivity contribution in [2.75, 3.05) is 0 Å². The first kappa shape index (κ1) is 17.4. The molecule has 0 bridgehead atoms. The number of carbonyl (C=O) groups excluding carboxylic acids is 2. The van der Waals surface area contributed by atoms with Crippen LogP contribution in [0.25, 0.3) is 0 Å². The molecule has 0 aromatic heterocycles. The summed E-state index contributed by atoms with van der Waals surface area (Å²) in [4.78, 5) is 34.4. The molecule has 4 unspecified atom stereocenters. The molecule has 21 heavy (non-hydrogen) atoms. The summed E-state index contributed by atoms with van der Waals surface area (Å²) in [5.74, 6) is -2.57. The third kappa shape index (κ3) is 3.93. The van der Waals surface area contributed by atoms with Crippen molar-refractivity contribution in [1.29, 1.82) is 0 Å². The van der Waals surface area contributed by atoms with Crippen LogP contribution in [0.1, 0.15) is 40.0 Å². The molecule has 0 radical (unpaired) electrons. The predicted octanol–water partition coefficient (Wildman–Crippen LogP) is -0.169. The first-order chi connectivity index (χ1) is 9.57. The first-order valence-electron chi connectivity index (χ1n) is 7.14. The maximum absolute atomic E-state index is 12.4. The van der Waals surface area contributed by atoms with E-state index in [1.54, 1.807) is 0 Å². The van der Waals surface area contributed by atoms with Crippen LogP contribution >= 0.6 is 0 Å². The quantitative estimate of drug-likeness (QED) is 0.559. The molecule has 7 nitrogen and oxygen atoms in total. The standard InChI is InChI=1S/C14H25N3O4/c1-7-9(15)5-4-8(14(7,2)3)12(19)17-10(13(20)21)6-11(16)18/h7-10H,4-6,15H2,1-3H3,(H2,16,18)(H,17,19)(H,20,21). The fraction of sp³-hybridized carbons (Fsp3) is 0.786. The molecule has 0 saturated heterocycles. The van der Waals surface area contributed by atoms with E-state index in [2.05, 4.69) is 5.32 Å². The molecule has 0 spiro atoms. The van der Waals surface area contributed by atoms with Crippen molar-refractivity contribution in [2.45, 2.75) is 52.1 Å². The molecule has 120 valence electrons.